The zero-order valence-electron chi connectivity index (χ0n) is 15.6. The van der Waals surface area contributed by atoms with Crippen molar-refractivity contribution in [2.24, 2.45) is 10.9 Å². The van der Waals surface area contributed by atoms with Crippen LogP contribution in [0.1, 0.15) is 46.9 Å². The van der Waals surface area contributed by atoms with E-state index in [2.05, 4.69) is 16.5 Å². The molecule has 2 heterocycles. The van der Waals surface area contributed by atoms with Gasteiger partial charge in [0, 0.05) is 5.69 Å². The molecule has 9 heteroatoms. The third-order valence-corrected chi connectivity index (χ3v) is 5.92. The highest BCUT2D eigenvalue weighted by Gasteiger charge is 2.28. The van der Waals surface area contributed by atoms with Gasteiger partial charge in [-0.25, -0.2) is 4.79 Å². The molecule has 8 nitrogen and oxygen atoms in total. The molecular formula is C19H25N5O3S. The van der Waals surface area contributed by atoms with Crippen LogP contribution in [-0.2, 0) is 37.2 Å². The van der Waals surface area contributed by atoms with Crippen molar-refractivity contribution in [1.29, 1.82) is 0 Å². The van der Waals surface area contributed by atoms with Crippen molar-refractivity contribution in [2.75, 3.05) is 11.9 Å². The van der Waals surface area contributed by atoms with Crippen LogP contribution in [0.5, 0.6) is 0 Å². The molecule has 0 fully saturated rings. The molecule has 0 radical (unpaired) electrons. The number of carbonyl (C=O) groups excluding carboxylic acids is 1. The summed E-state index contributed by atoms with van der Waals surface area (Å²) in [6.45, 7) is 2.26. The van der Waals surface area contributed by atoms with Gasteiger partial charge in [-0.1, -0.05) is 6.07 Å². The van der Waals surface area contributed by atoms with E-state index in [0.717, 1.165) is 72.8 Å². The second-order valence-corrected chi connectivity index (χ2v) is 7.88. The number of aromatic nitrogens is 2. The Morgan fingerprint density at radius 1 is 1.32 bits per heavy atom. The molecule has 0 saturated carbocycles. The molecule has 1 aromatic heterocycles. The van der Waals surface area contributed by atoms with Gasteiger partial charge in [-0.15, -0.1) is 0 Å². The number of hydrogen-bond donors (Lipinski definition) is 4. The summed E-state index contributed by atoms with van der Waals surface area (Å²) in [5.74, 6) is 0. The Bertz CT molecular complexity index is 875. The number of carbonyl (C=O) groups is 1. The maximum Gasteiger partial charge on any atom is 0.316 e. The summed E-state index contributed by atoms with van der Waals surface area (Å²) in [6, 6.07) is 3.56. The molecule has 0 spiro atoms. The predicted molar refractivity (Wildman–Crippen MR) is 107 cm³/mol. The summed E-state index contributed by atoms with van der Waals surface area (Å²) in [5.41, 5.74) is 11.8. The fraction of sp³-hybridized carbons (Fsp3) is 0.474. The summed E-state index contributed by atoms with van der Waals surface area (Å²) in [7, 11) is 0. The Balaban J connectivity index is 0.000000151. The van der Waals surface area contributed by atoms with Crippen LogP contribution in [0.3, 0.4) is 0 Å². The SMILES string of the molecule is NC(=O)Nc1c2c(cc3c1CCC3O)CCC2.NSc1cc2n(n1)CCOC2. The van der Waals surface area contributed by atoms with E-state index in [4.69, 9.17) is 15.6 Å². The number of anilines is 1. The van der Waals surface area contributed by atoms with Gasteiger partial charge in [0.1, 0.15) is 5.03 Å². The number of aliphatic hydroxyl groups excluding tert-OH is 1. The van der Waals surface area contributed by atoms with E-state index in [1.807, 2.05) is 10.7 Å². The number of hydrogen-bond acceptors (Lipinski definition) is 6. The quantitative estimate of drug-likeness (QED) is 0.568. The first-order valence-corrected chi connectivity index (χ1v) is 10.4. The van der Waals surface area contributed by atoms with E-state index in [-0.39, 0.29) is 6.10 Å². The summed E-state index contributed by atoms with van der Waals surface area (Å²) >= 11 is 1.17. The van der Waals surface area contributed by atoms with E-state index in [9.17, 15) is 9.90 Å². The molecule has 2 amide bonds. The van der Waals surface area contributed by atoms with Crippen LogP contribution in [0, 0.1) is 0 Å². The second-order valence-electron chi connectivity index (χ2n) is 7.22. The number of aryl methyl sites for hydroxylation is 1. The van der Waals surface area contributed by atoms with Crippen molar-refractivity contribution < 1.29 is 14.6 Å². The number of amides is 2. The number of aliphatic hydroxyl groups is 1. The molecular weight excluding hydrogens is 378 g/mol. The van der Waals surface area contributed by atoms with Crippen molar-refractivity contribution in [3.63, 3.8) is 0 Å². The molecule has 0 bridgehead atoms. The summed E-state index contributed by atoms with van der Waals surface area (Å²) in [4.78, 5) is 11.1. The van der Waals surface area contributed by atoms with Crippen molar-refractivity contribution in [2.45, 2.75) is 56.4 Å². The van der Waals surface area contributed by atoms with Crippen molar-refractivity contribution in [3.05, 3.63) is 40.1 Å². The van der Waals surface area contributed by atoms with Crippen LogP contribution < -0.4 is 16.2 Å². The smallest absolute Gasteiger partial charge is 0.316 e. The van der Waals surface area contributed by atoms with Crippen LogP contribution >= 0.6 is 11.9 Å². The number of fused-ring (bicyclic) bond motifs is 3. The number of urea groups is 1. The average molecular weight is 404 g/mol. The largest absolute Gasteiger partial charge is 0.388 e. The highest BCUT2D eigenvalue weighted by Crippen LogP contribution is 2.42. The summed E-state index contributed by atoms with van der Waals surface area (Å²) in [5, 5.41) is 23.2. The Labute approximate surface area is 167 Å². The van der Waals surface area contributed by atoms with Gasteiger partial charge in [-0.05, 0) is 72.4 Å². The normalized spacial score (nSPS) is 19.3. The lowest BCUT2D eigenvalue weighted by molar-refractivity contribution is 0.0799. The van der Waals surface area contributed by atoms with Crippen LogP contribution in [0.25, 0.3) is 0 Å². The van der Waals surface area contributed by atoms with Crippen molar-refractivity contribution in [1.82, 2.24) is 9.78 Å². The van der Waals surface area contributed by atoms with E-state index in [1.165, 1.54) is 23.1 Å². The lowest BCUT2D eigenvalue weighted by atomic mass is 9.98. The molecule has 1 atom stereocenters. The number of nitrogens with one attached hydrogen (secondary N) is 1. The lowest BCUT2D eigenvalue weighted by Gasteiger charge is -2.15. The lowest BCUT2D eigenvalue weighted by Crippen LogP contribution is -2.21. The highest BCUT2D eigenvalue weighted by molar-refractivity contribution is 7.97. The molecule has 5 rings (SSSR count). The van der Waals surface area contributed by atoms with Gasteiger partial charge < -0.3 is 20.9 Å². The Kier molecular flexibility index (Phi) is 5.58. The maximum absolute atomic E-state index is 11.1. The fourth-order valence-electron chi connectivity index (χ4n) is 4.21. The van der Waals surface area contributed by atoms with Gasteiger partial charge in [0.2, 0.25) is 0 Å². The number of primary amides is 1. The Hall–Kier alpha value is -2.07. The van der Waals surface area contributed by atoms with Crippen molar-refractivity contribution in [3.8, 4) is 0 Å². The van der Waals surface area contributed by atoms with E-state index < -0.39 is 6.03 Å². The molecule has 150 valence electrons. The van der Waals surface area contributed by atoms with Crippen LogP contribution in [0.2, 0.25) is 0 Å². The van der Waals surface area contributed by atoms with Crippen LogP contribution in [0.4, 0.5) is 10.5 Å². The molecule has 0 saturated heterocycles. The highest BCUT2D eigenvalue weighted by atomic mass is 32.2. The van der Waals surface area contributed by atoms with Gasteiger partial charge >= 0.3 is 6.03 Å². The third kappa shape index (κ3) is 3.75. The first kappa shape index (κ1) is 19.3. The monoisotopic (exact) mass is 403 g/mol. The standard InChI is InChI=1S/C13H16N2O2.C6H9N3OS/c14-13(17)15-12-8-3-1-2-7(8)6-10-9(12)4-5-11(10)16;7-11-6-3-5-4-10-2-1-9(5)8-6/h6,11,16H,1-5H2,(H3,14,15,17);3H,1-2,4,7H2. The first-order valence-electron chi connectivity index (χ1n) is 9.50. The average Bonchev–Trinajstić information content (AvgIpc) is 3.40. The second kappa shape index (κ2) is 8.12. The molecule has 1 aliphatic heterocycles. The molecule has 28 heavy (non-hydrogen) atoms. The topological polar surface area (TPSA) is 128 Å². The Morgan fingerprint density at radius 3 is 2.93 bits per heavy atom. The van der Waals surface area contributed by atoms with Gasteiger partial charge in [0.05, 0.1) is 31.6 Å². The van der Waals surface area contributed by atoms with E-state index in [1.54, 1.807) is 0 Å². The van der Waals surface area contributed by atoms with Gasteiger partial charge in [-0.2, -0.15) is 5.10 Å². The third-order valence-electron chi connectivity index (χ3n) is 5.48. The summed E-state index contributed by atoms with van der Waals surface area (Å²) in [6.07, 6.45) is 4.31. The zero-order chi connectivity index (χ0) is 19.7. The molecule has 6 N–H and O–H groups in total. The summed E-state index contributed by atoms with van der Waals surface area (Å²) < 4.78 is 7.19. The minimum atomic E-state index is -0.520. The Morgan fingerprint density at radius 2 is 2.18 bits per heavy atom. The minimum Gasteiger partial charge on any atom is -0.388 e. The van der Waals surface area contributed by atoms with Gasteiger partial charge in [-0.3, -0.25) is 9.82 Å². The number of nitrogens with zero attached hydrogens (tertiary/aromatic N) is 2. The number of nitrogens with two attached hydrogens (primary N) is 2. The van der Waals surface area contributed by atoms with Crippen LogP contribution in [-0.4, -0.2) is 27.5 Å². The molecule has 1 aromatic carbocycles. The van der Waals surface area contributed by atoms with E-state index in [0.29, 0.717) is 6.61 Å². The van der Waals surface area contributed by atoms with Crippen molar-refractivity contribution >= 4 is 23.7 Å². The van der Waals surface area contributed by atoms with Gasteiger partial charge in [0.25, 0.3) is 0 Å². The molecule has 3 aliphatic rings. The number of rotatable bonds is 2. The van der Waals surface area contributed by atoms with Crippen LogP contribution in [0.15, 0.2) is 17.2 Å². The number of ether oxygens (including phenoxy) is 1. The number of benzene rings is 1. The predicted octanol–water partition coefficient (Wildman–Crippen LogP) is 2.02. The molecule has 2 aromatic rings. The maximum atomic E-state index is 11.1. The van der Waals surface area contributed by atoms with Gasteiger partial charge in [0.15, 0.2) is 0 Å². The molecule has 2 aliphatic carbocycles. The molecule has 1 unspecified atom stereocenters. The first-order chi connectivity index (χ1) is 13.6. The fourth-order valence-corrected chi connectivity index (χ4v) is 4.56. The minimum absolute atomic E-state index is 0.385. The van der Waals surface area contributed by atoms with E-state index >= 15 is 0 Å². The zero-order valence-corrected chi connectivity index (χ0v) is 16.4.